The van der Waals surface area contributed by atoms with Crippen LogP contribution in [-0.4, -0.2) is 230 Å². The van der Waals surface area contributed by atoms with Crippen molar-refractivity contribution < 1.29 is 69.7 Å². The molecule has 77 heavy (non-hydrogen) atoms. The Bertz CT molecular complexity index is 2130. The van der Waals surface area contributed by atoms with Crippen LogP contribution in [0, 0.1) is 6.92 Å². The van der Waals surface area contributed by atoms with E-state index in [4.69, 9.17) is 23.1 Å². The number of hydrogen-bond donors (Lipinski definition) is 3. The maximum Gasteiger partial charge on any atom is 0.356 e. The Hall–Kier alpha value is -5.41. The minimum Gasteiger partial charge on any atom is -0.491 e. The van der Waals surface area contributed by atoms with Crippen molar-refractivity contribution in [2.24, 2.45) is 0 Å². The van der Waals surface area contributed by atoms with E-state index in [1.54, 1.807) is 12.1 Å². The highest BCUT2D eigenvalue weighted by Crippen LogP contribution is 2.18. The van der Waals surface area contributed by atoms with E-state index >= 15 is 0 Å². The summed E-state index contributed by atoms with van der Waals surface area (Å²) in [5.74, 6) is -2.29. The van der Waals surface area contributed by atoms with E-state index < -0.39 is 34.0 Å². The lowest BCUT2D eigenvalue weighted by atomic mass is 10.2. The van der Waals surface area contributed by atoms with Crippen LogP contribution >= 0.6 is 0 Å². The molecule has 3 rings (SSSR count). The number of ether oxygens (including phenoxy) is 8. The predicted molar refractivity (Wildman–Crippen MR) is 293 cm³/mol. The van der Waals surface area contributed by atoms with Gasteiger partial charge in [-0.25, -0.2) is 29.1 Å². The van der Waals surface area contributed by atoms with Crippen LogP contribution in [0.1, 0.15) is 89.1 Å². The van der Waals surface area contributed by atoms with Gasteiger partial charge in [-0.2, -0.15) is 8.42 Å². The molecule has 0 atom stereocenters. The molecule has 0 aliphatic carbocycles. The number of nitrogens with one attached hydrogen (secondary N) is 3. The Labute approximate surface area is 457 Å². The lowest BCUT2D eigenvalue weighted by molar-refractivity contribution is 0.0566. The number of methoxy groups -OCH3 is 4. The molecule has 3 N–H and O–H groups in total. The number of aryl methyl sites for hydroxylation is 1. The average molecular weight is 1110 g/mol. The van der Waals surface area contributed by atoms with E-state index in [0.29, 0.717) is 19.0 Å². The topological polar surface area (TPSA) is 257 Å². The van der Waals surface area contributed by atoms with Crippen LogP contribution in [0.5, 0.6) is 11.5 Å². The van der Waals surface area contributed by atoms with Crippen molar-refractivity contribution in [1.29, 1.82) is 0 Å². The molecule has 0 saturated heterocycles. The standard InChI is InChI=1S/C23H40N4O6.C20H23NO9S.C10H25N3/c1-6-24-9-10-26(7-2)11-12-27(8-3)13-14-32-15-16-33-19-17-20(22(28)30-4)25-21(18-19)23(29)31-5;1-14-4-6-16(7-5-14)31(24,25)30-11-9-28-8-10-29-15-12-17(19(22)26-2)21-18(13-15)20(23)27-3;1-4-11-7-9-13(6-3)10-8-12-5-2/h17-18,24H,6-16H2,1-5H3;4-7,12-13H,8-11H2,1-3H3;11-12H,4-10H2,1-3H3. The van der Waals surface area contributed by atoms with E-state index in [-0.39, 0.29) is 66.5 Å². The molecule has 0 amide bonds. The fraction of sp³-hybridized carbons (Fsp3) is 0.623. The third-order valence-corrected chi connectivity index (χ3v) is 12.5. The van der Waals surface area contributed by atoms with E-state index in [2.05, 4.69) is 101 Å². The Morgan fingerprint density at radius 1 is 0.468 bits per heavy atom. The fourth-order valence-corrected chi connectivity index (χ4v) is 7.53. The molecule has 0 unspecified atom stereocenters. The van der Waals surface area contributed by atoms with Crippen molar-refractivity contribution in [2.75, 3.05) is 173 Å². The van der Waals surface area contributed by atoms with Gasteiger partial charge in [0.15, 0.2) is 22.8 Å². The van der Waals surface area contributed by atoms with Gasteiger partial charge in [-0.3, -0.25) is 4.18 Å². The Morgan fingerprint density at radius 3 is 1.16 bits per heavy atom. The minimum atomic E-state index is -3.85. The second-order valence-corrected chi connectivity index (χ2v) is 18.1. The number of carbonyl (C=O) groups is 4. The van der Waals surface area contributed by atoms with Crippen molar-refractivity contribution >= 4 is 34.0 Å². The Morgan fingerprint density at radius 2 is 0.805 bits per heavy atom. The van der Waals surface area contributed by atoms with Crippen molar-refractivity contribution in [3.05, 3.63) is 76.9 Å². The van der Waals surface area contributed by atoms with Crippen LogP contribution in [0.2, 0.25) is 0 Å². The predicted octanol–water partition coefficient (Wildman–Crippen LogP) is 3.59. The number of carbonyl (C=O) groups excluding carboxylic acids is 4. The second kappa shape index (κ2) is 42.6. The first-order valence-electron chi connectivity index (χ1n) is 26.1. The molecule has 23 nitrogen and oxygen atoms in total. The van der Waals surface area contributed by atoms with Gasteiger partial charge in [-0.1, -0.05) is 59.2 Å². The van der Waals surface area contributed by atoms with Crippen molar-refractivity contribution in [2.45, 2.75) is 53.4 Å². The van der Waals surface area contributed by atoms with Crippen LogP contribution < -0.4 is 25.4 Å². The molecule has 0 bridgehead atoms. The first kappa shape index (κ1) is 69.6. The maximum absolute atomic E-state index is 12.1. The molecule has 0 fully saturated rings. The number of esters is 4. The van der Waals surface area contributed by atoms with Gasteiger partial charge in [-0.15, -0.1) is 0 Å². The van der Waals surface area contributed by atoms with Gasteiger partial charge in [0, 0.05) is 83.2 Å². The summed E-state index contributed by atoms with van der Waals surface area (Å²) in [5.41, 5.74) is 0.656. The molecule has 2 aromatic heterocycles. The highest BCUT2D eigenvalue weighted by molar-refractivity contribution is 7.86. The van der Waals surface area contributed by atoms with Crippen LogP contribution in [-0.2, 0) is 42.7 Å². The number of hydrogen-bond acceptors (Lipinski definition) is 23. The molecule has 0 saturated carbocycles. The molecular formula is C53H88N8O15S. The molecular weight excluding hydrogens is 1020 g/mol. The minimum absolute atomic E-state index is 0.0195. The second-order valence-electron chi connectivity index (χ2n) is 16.5. The zero-order valence-electron chi connectivity index (χ0n) is 47.4. The van der Waals surface area contributed by atoms with E-state index in [9.17, 15) is 27.6 Å². The number of pyridine rings is 2. The van der Waals surface area contributed by atoms with Crippen molar-refractivity contribution in [3.8, 4) is 11.5 Å². The molecule has 24 heteroatoms. The molecule has 3 aromatic rings. The quantitative estimate of drug-likeness (QED) is 0.0321. The van der Waals surface area contributed by atoms with Crippen molar-refractivity contribution in [1.82, 2.24) is 40.6 Å². The summed E-state index contributed by atoms with van der Waals surface area (Å²) in [6, 6.07) is 11.8. The molecule has 2 heterocycles. The third kappa shape index (κ3) is 30.4. The SMILES string of the molecule is CCNCCN(CC)CCN(CC)CCOCCOc1cc(C(=O)OC)nc(C(=O)OC)c1.CCNCCN(CC)CCNCC.COC(=O)c1cc(OCCOCCOS(=O)(=O)c2ccc(C)cc2)cc(C(=O)OC)n1. The largest absolute Gasteiger partial charge is 0.491 e. The monoisotopic (exact) mass is 1110 g/mol. The number of benzene rings is 1. The highest BCUT2D eigenvalue weighted by atomic mass is 32.2. The molecule has 0 radical (unpaired) electrons. The van der Waals surface area contributed by atoms with E-state index in [1.807, 2.05) is 6.92 Å². The Kier molecular flexibility index (Phi) is 38.5. The normalized spacial score (nSPS) is 11.1. The highest BCUT2D eigenvalue weighted by Gasteiger charge is 2.19. The Balaban J connectivity index is 0.000000629. The van der Waals surface area contributed by atoms with Gasteiger partial charge < -0.3 is 68.5 Å². The zero-order valence-corrected chi connectivity index (χ0v) is 48.3. The summed E-state index contributed by atoms with van der Waals surface area (Å²) in [6.45, 7) is 31.9. The summed E-state index contributed by atoms with van der Waals surface area (Å²) < 4.78 is 69.7. The summed E-state index contributed by atoms with van der Waals surface area (Å²) in [7, 11) is 1.00. The van der Waals surface area contributed by atoms with E-state index in [0.717, 1.165) is 104 Å². The number of nitrogens with zero attached hydrogens (tertiary/aromatic N) is 5. The first-order chi connectivity index (χ1) is 37.1. The average Bonchev–Trinajstić information content (AvgIpc) is 3.44. The van der Waals surface area contributed by atoms with Crippen LogP contribution in [0.15, 0.2) is 53.4 Å². The van der Waals surface area contributed by atoms with Gasteiger partial charge in [0.1, 0.15) is 24.7 Å². The molecule has 1 aromatic carbocycles. The molecule has 0 aliphatic rings. The summed E-state index contributed by atoms with van der Waals surface area (Å²) >= 11 is 0. The van der Waals surface area contributed by atoms with Crippen LogP contribution in [0.25, 0.3) is 0 Å². The summed E-state index contributed by atoms with van der Waals surface area (Å²) in [4.78, 5) is 62.1. The van der Waals surface area contributed by atoms with Gasteiger partial charge in [0.25, 0.3) is 10.1 Å². The van der Waals surface area contributed by atoms with Crippen LogP contribution in [0.4, 0.5) is 0 Å². The lowest BCUT2D eigenvalue weighted by Crippen LogP contribution is -2.39. The van der Waals surface area contributed by atoms with Gasteiger partial charge >= 0.3 is 23.9 Å². The number of aromatic nitrogens is 2. The molecule has 436 valence electrons. The smallest absolute Gasteiger partial charge is 0.356 e. The van der Waals surface area contributed by atoms with Gasteiger partial charge in [-0.05, 0) is 58.3 Å². The van der Waals surface area contributed by atoms with Gasteiger partial charge in [0.05, 0.1) is 66.4 Å². The molecule has 0 aliphatic heterocycles. The van der Waals surface area contributed by atoms with E-state index in [1.165, 1.54) is 64.8 Å². The third-order valence-electron chi connectivity index (χ3n) is 11.1. The molecule has 0 spiro atoms. The lowest BCUT2D eigenvalue weighted by Gasteiger charge is -2.26. The number of rotatable bonds is 38. The summed E-state index contributed by atoms with van der Waals surface area (Å²) in [6.07, 6.45) is 0. The first-order valence-corrected chi connectivity index (χ1v) is 27.5. The van der Waals surface area contributed by atoms with Crippen molar-refractivity contribution in [3.63, 3.8) is 0 Å². The fourth-order valence-electron chi connectivity index (χ4n) is 6.63. The van der Waals surface area contributed by atoms with Crippen LogP contribution in [0.3, 0.4) is 0 Å². The maximum atomic E-state index is 12.1. The zero-order chi connectivity index (χ0) is 57.3. The van der Waals surface area contributed by atoms with Gasteiger partial charge in [0.2, 0.25) is 0 Å². The number of likely N-dealkylation sites (N-methyl/N-ethyl adjacent to an activating group) is 6. The summed E-state index contributed by atoms with van der Waals surface area (Å²) in [5, 5.41) is 10.0.